The lowest BCUT2D eigenvalue weighted by molar-refractivity contribution is 0.475. The van der Waals surface area contributed by atoms with Crippen molar-refractivity contribution in [3.8, 4) is 22.6 Å². The van der Waals surface area contributed by atoms with Crippen LogP contribution in [0.1, 0.15) is 11.1 Å². The maximum atomic E-state index is 10.1. The van der Waals surface area contributed by atoms with E-state index in [4.69, 9.17) is 0 Å². The molecular weight excluding hydrogens is 236 g/mol. The minimum Gasteiger partial charge on any atom is -0.508 e. The molecule has 0 amide bonds. The summed E-state index contributed by atoms with van der Waals surface area (Å²) < 4.78 is 0. The summed E-state index contributed by atoms with van der Waals surface area (Å²) in [6, 6.07) is 15.2. The van der Waals surface area contributed by atoms with Gasteiger partial charge in [0.1, 0.15) is 11.5 Å². The first kappa shape index (κ1) is 10.4. The highest BCUT2D eigenvalue weighted by Crippen LogP contribution is 2.45. The summed E-state index contributed by atoms with van der Waals surface area (Å²) in [5.41, 5.74) is 4.53. The summed E-state index contributed by atoms with van der Waals surface area (Å²) in [5, 5.41) is 21.7. The van der Waals surface area contributed by atoms with Crippen LogP contribution in [0, 0.1) is 0 Å². The Balaban J connectivity index is 2.16. The van der Waals surface area contributed by atoms with Gasteiger partial charge in [-0.15, -0.1) is 0 Å². The smallest absolute Gasteiger partial charge is 0.123 e. The van der Waals surface area contributed by atoms with Crippen molar-refractivity contribution in [2.24, 2.45) is 0 Å². The lowest BCUT2D eigenvalue weighted by atomic mass is 9.97. The molecule has 2 N–H and O–H groups in total. The standard InChI is InChI=1S/C17H12O2/c18-12-6-5-10-7-11-8-16(19)13-3-1-2-4-14(13)17(11)15(10)9-12/h1-6,8-9,18-19H,7H2. The van der Waals surface area contributed by atoms with E-state index in [9.17, 15) is 10.2 Å². The summed E-state index contributed by atoms with van der Waals surface area (Å²) in [7, 11) is 0. The second-order valence-corrected chi connectivity index (χ2v) is 4.99. The predicted molar refractivity (Wildman–Crippen MR) is 75.5 cm³/mol. The number of aromatic hydroxyl groups is 2. The highest BCUT2D eigenvalue weighted by atomic mass is 16.3. The van der Waals surface area contributed by atoms with E-state index in [0.717, 1.165) is 33.9 Å². The molecule has 2 heteroatoms. The molecule has 4 rings (SSSR count). The Bertz CT molecular complexity index is 819. The number of hydrogen-bond acceptors (Lipinski definition) is 2. The summed E-state index contributed by atoms with van der Waals surface area (Å²) in [6.45, 7) is 0. The van der Waals surface area contributed by atoms with E-state index in [0.29, 0.717) is 5.75 Å². The van der Waals surface area contributed by atoms with Crippen LogP contribution in [0.3, 0.4) is 0 Å². The summed E-state index contributed by atoms with van der Waals surface area (Å²) in [6.07, 6.45) is 0.809. The van der Waals surface area contributed by atoms with E-state index in [1.807, 2.05) is 42.5 Å². The Morgan fingerprint density at radius 2 is 1.58 bits per heavy atom. The molecule has 0 fully saturated rings. The maximum absolute atomic E-state index is 10.1. The molecule has 3 aromatic rings. The number of fused-ring (bicyclic) bond motifs is 5. The fraction of sp³-hybridized carbons (Fsp3) is 0.0588. The normalized spacial score (nSPS) is 12.4. The fourth-order valence-electron chi connectivity index (χ4n) is 3.03. The van der Waals surface area contributed by atoms with Crippen molar-refractivity contribution in [3.05, 3.63) is 59.7 Å². The Morgan fingerprint density at radius 3 is 2.42 bits per heavy atom. The number of benzene rings is 3. The van der Waals surface area contributed by atoms with E-state index >= 15 is 0 Å². The van der Waals surface area contributed by atoms with E-state index in [-0.39, 0.29) is 5.75 Å². The third-order valence-corrected chi connectivity index (χ3v) is 3.85. The monoisotopic (exact) mass is 248 g/mol. The van der Waals surface area contributed by atoms with Crippen LogP contribution < -0.4 is 0 Å². The van der Waals surface area contributed by atoms with E-state index in [1.165, 1.54) is 5.56 Å². The molecule has 0 bridgehead atoms. The van der Waals surface area contributed by atoms with E-state index in [1.54, 1.807) is 6.07 Å². The van der Waals surface area contributed by atoms with Gasteiger partial charge < -0.3 is 10.2 Å². The fourth-order valence-corrected chi connectivity index (χ4v) is 3.03. The van der Waals surface area contributed by atoms with Gasteiger partial charge in [-0.3, -0.25) is 0 Å². The van der Waals surface area contributed by atoms with Crippen LogP contribution in [-0.2, 0) is 6.42 Å². The molecule has 19 heavy (non-hydrogen) atoms. The molecule has 0 radical (unpaired) electrons. The minimum atomic E-state index is 0.281. The van der Waals surface area contributed by atoms with Crippen molar-refractivity contribution >= 4 is 10.8 Å². The first-order valence-corrected chi connectivity index (χ1v) is 6.30. The minimum absolute atomic E-state index is 0.281. The van der Waals surface area contributed by atoms with Gasteiger partial charge in [0.25, 0.3) is 0 Å². The van der Waals surface area contributed by atoms with Crippen LogP contribution in [0.25, 0.3) is 21.9 Å². The largest absolute Gasteiger partial charge is 0.508 e. The van der Waals surface area contributed by atoms with Crippen molar-refractivity contribution in [3.63, 3.8) is 0 Å². The molecule has 0 aromatic heterocycles. The van der Waals surface area contributed by atoms with Crippen molar-refractivity contribution in [1.29, 1.82) is 0 Å². The van der Waals surface area contributed by atoms with Crippen molar-refractivity contribution in [2.75, 3.05) is 0 Å². The van der Waals surface area contributed by atoms with Gasteiger partial charge in [0.05, 0.1) is 0 Å². The molecule has 1 aliphatic carbocycles. The van der Waals surface area contributed by atoms with Gasteiger partial charge in [0, 0.05) is 5.39 Å². The molecule has 0 heterocycles. The average molecular weight is 248 g/mol. The molecule has 0 unspecified atom stereocenters. The van der Waals surface area contributed by atoms with Crippen LogP contribution in [0.5, 0.6) is 11.5 Å². The zero-order valence-corrected chi connectivity index (χ0v) is 10.2. The van der Waals surface area contributed by atoms with Gasteiger partial charge >= 0.3 is 0 Å². The van der Waals surface area contributed by atoms with Gasteiger partial charge in [-0.05, 0) is 52.3 Å². The van der Waals surface area contributed by atoms with Gasteiger partial charge in [0.2, 0.25) is 0 Å². The molecule has 0 aliphatic heterocycles. The second-order valence-electron chi connectivity index (χ2n) is 4.99. The number of phenols is 2. The molecule has 92 valence electrons. The lowest BCUT2D eigenvalue weighted by Gasteiger charge is -2.08. The van der Waals surface area contributed by atoms with Gasteiger partial charge in [-0.1, -0.05) is 30.3 Å². The zero-order chi connectivity index (χ0) is 13.0. The maximum Gasteiger partial charge on any atom is 0.123 e. The highest BCUT2D eigenvalue weighted by molar-refractivity contribution is 6.04. The summed E-state index contributed by atoms with van der Waals surface area (Å²) in [4.78, 5) is 0. The van der Waals surface area contributed by atoms with Crippen molar-refractivity contribution in [1.82, 2.24) is 0 Å². The van der Waals surface area contributed by atoms with Crippen LogP contribution in [0.15, 0.2) is 48.5 Å². The van der Waals surface area contributed by atoms with Crippen LogP contribution in [0.4, 0.5) is 0 Å². The van der Waals surface area contributed by atoms with Gasteiger partial charge in [-0.25, -0.2) is 0 Å². The third kappa shape index (κ3) is 1.37. The molecule has 1 aliphatic rings. The second kappa shape index (κ2) is 3.51. The highest BCUT2D eigenvalue weighted by Gasteiger charge is 2.22. The molecule has 3 aromatic carbocycles. The quantitative estimate of drug-likeness (QED) is 0.496. The number of hydrogen-bond donors (Lipinski definition) is 2. The molecule has 0 saturated carbocycles. The van der Waals surface area contributed by atoms with Crippen LogP contribution >= 0.6 is 0 Å². The predicted octanol–water partition coefficient (Wildman–Crippen LogP) is 3.82. The SMILES string of the molecule is Oc1ccc2c(c1)-c1c(cc(O)c3ccccc13)C2. The molecular formula is C17H12O2. The average Bonchev–Trinajstić information content (AvgIpc) is 2.76. The molecule has 0 saturated heterocycles. The van der Waals surface area contributed by atoms with E-state index < -0.39 is 0 Å². The van der Waals surface area contributed by atoms with Crippen LogP contribution in [-0.4, -0.2) is 10.2 Å². The summed E-state index contributed by atoms with van der Waals surface area (Å²) in [5.74, 6) is 0.607. The Hall–Kier alpha value is -2.48. The van der Waals surface area contributed by atoms with Crippen molar-refractivity contribution in [2.45, 2.75) is 6.42 Å². The first-order chi connectivity index (χ1) is 9.24. The van der Waals surface area contributed by atoms with Gasteiger partial charge in [-0.2, -0.15) is 0 Å². The van der Waals surface area contributed by atoms with Crippen LogP contribution in [0.2, 0.25) is 0 Å². The molecule has 0 spiro atoms. The lowest BCUT2D eigenvalue weighted by Crippen LogP contribution is -1.83. The Kier molecular flexibility index (Phi) is 1.93. The third-order valence-electron chi connectivity index (χ3n) is 3.85. The van der Waals surface area contributed by atoms with Crippen molar-refractivity contribution < 1.29 is 10.2 Å². The molecule has 0 atom stereocenters. The topological polar surface area (TPSA) is 40.5 Å². The van der Waals surface area contributed by atoms with E-state index in [2.05, 4.69) is 0 Å². The number of rotatable bonds is 0. The molecule has 2 nitrogen and oxygen atoms in total. The van der Waals surface area contributed by atoms with Gasteiger partial charge in [0.15, 0.2) is 0 Å². The Morgan fingerprint density at radius 1 is 0.789 bits per heavy atom. The Labute approximate surface area is 110 Å². The first-order valence-electron chi connectivity index (χ1n) is 6.30. The summed E-state index contributed by atoms with van der Waals surface area (Å²) >= 11 is 0. The number of phenolic OH excluding ortho intramolecular Hbond substituents is 2. The zero-order valence-electron chi connectivity index (χ0n) is 10.2.